The minimum absolute atomic E-state index is 0.0774. The Balaban J connectivity index is 2.86. The van der Waals surface area contributed by atoms with Crippen LogP contribution in [0.5, 0.6) is 0 Å². The maximum atomic E-state index is 12.5. The molecule has 0 unspecified atom stereocenters. The number of aliphatic carboxylic acids is 1. The molecule has 0 aliphatic carbocycles. The number of hydrogen-bond donors (Lipinski definition) is 1. The Labute approximate surface area is 131 Å². The van der Waals surface area contributed by atoms with Gasteiger partial charge in [0, 0.05) is 25.1 Å². The van der Waals surface area contributed by atoms with Gasteiger partial charge in [0.25, 0.3) is 5.91 Å². The van der Waals surface area contributed by atoms with E-state index in [-0.39, 0.29) is 36.5 Å². The lowest BCUT2D eigenvalue weighted by Gasteiger charge is -2.22. The van der Waals surface area contributed by atoms with Crippen molar-refractivity contribution in [1.29, 1.82) is 0 Å². The van der Waals surface area contributed by atoms with E-state index < -0.39 is 5.97 Å². The van der Waals surface area contributed by atoms with Crippen LogP contribution in [0.3, 0.4) is 0 Å². The monoisotopic (exact) mass is 310 g/mol. The Kier molecular flexibility index (Phi) is 7.08. The number of carboxylic acids is 1. The van der Waals surface area contributed by atoms with Crippen molar-refractivity contribution in [2.75, 3.05) is 13.1 Å². The molecule has 1 N–H and O–H groups in total. The van der Waals surface area contributed by atoms with E-state index in [0.29, 0.717) is 6.54 Å². The first kappa shape index (κ1) is 18.2. The fraction of sp³-hybridized carbons (Fsp3) is 0.688. The summed E-state index contributed by atoms with van der Waals surface area (Å²) in [5, 5.41) is 12.8. The predicted molar refractivity (Wildman–Crippen MR) is 82.8 cm³/mol. The molecule has 22 heavy (non-hydrogen) atoms. The quantitative estimate of drug-likeness (QED) is 0.757. The number of rotatable bonds is 9. The topological polar surface area (TPSA) is 83.6 Å². The molecule has 0 bridgehead atoms. The highest BCUT2D eigenvalue weighted by Crippen LogP contribution is 2.23. The molecule has 1 rings (SSSR count). The third kappa shape index (κ3) is 5.16. The van der Waals surface area contributed by atoms with Gasteiger partial charge in [-0.05, 0) is 18.8 Å². The molecule has 0 fully saturated rings. The molecule has 1 heterocycles. The molecule has 0 saturated heterocycles. The summed E-state index contributed by atoms with van der Waals surface area (Å²) in [7, 11) is 0. The Hall–Kier alpha value is -1.85. The van der Waals surface area contributed by atoms with Crippen molar-refractivity contribution in [3.05, 3.63) is 17.5 Å². The molecule has 1 aromatic heterocycles. The van der Waals surface area contributed by atoms with Crippen molar-refractivity contribution in [2.45, 2.75) is 52.9 Å². The third-order valence-corrected chi connectivity index (χ3v) is 3.61. The van der Waals surface area contributed by atoms with Gasteiger partial charge in [0.05, 0.1) is 12.1 Å². The van der Waals surface area contributed by atoms with Crippen molar-refractivity contribution in [2.24, 2.45) is 5.92 Å². The van der Waals surface area contributed by atoms with E-state index in [0.717, 1.165) is 18.5 Å². The first-order chi connectivity index (χ1) is 10.4. The first-order valence-corrected chi connectivity index (χ1v) is 7.86. The summed E-state index contributed by atoms with van der Waals surface area (Å²) in [6, 6.07) is 1.69. The zero-order chi connectivity index (χ0) is 16.7. The minimum atomic E-state index is -0.920. The van der Waals surface area contributed by atoms with Crippen LogP contribution in [0.15, 0.2) is 10.6 Å². The summed E-state index contributed by atoms with van der Waals surface area (Å²) in [5.41, 5.74) is 0.788. The number of nitrogens with zero attached hydrogens (tertiary/aromatic N) is 2. The number of carbonyl (C=O) groups is 2. The summed E-state index contributed by atoms with van der Waals surface area (Å²) in [6.07, 6.45) is 1.79. The van der Waals surface area contributed by atoms with E-state index >= 15 is 0 Å². The smallest absolute Gasteiger partial charge is 0.305 e. The number of aromatic nitrogens is 1. The van der Waals surface area contributed by atoms with Crippen LogP contribution in [0.2, 0.25) is 0 Å². The second kappa shape index (κ2) is 8.56. The second-order valence-corrected chi connectivity index (χ2v) is 5.92. The van der Waals surface area contributed by atoms with Gasteiger partial charge < -0.3 is 14.5 Å². The van der Waals surface area contributed by atoms with Crippen LogP contribution in [0.4, 0.5) is 0 Å². The van der Waals surface area contributed by atoms with Crippen LogP contribution in [0, 0.1) is 5.92 Å². The van der Waals surface area contributed by atoms with Gasteiger partial charge in [-0.2, -0.15) is 0 Å². The van der Waals surface area contributed by atoms with Crippen LogP contribution < -0.4 is 0 Å². The molecule has 0 radical (unpaired) electrons. The molecule has 6 nitrogen and oxygen atoms in total. The molecule has 0 spiro atoms. The zero-order valence-corrected chi connectivity index (χ0v) is 13.8. The molecule has 0 aromatic carbocycles. The Morgan fingerprint density at radius 1 is 1.32 bits per heavy atom. The number of carbonyl (C=O) groups excluding carboxylic acids is 1. The van der Waals surface area contributed by atoms with Gasteiger partial charge in [0.15, 0.2) is 0 Å². The summed E-state index contributed by atoms with van der Waals surface area (Å²) >= 11 is 0. The van der Waals surface area contributed by atoms with Gasteiger partial charge in [-0.3, -0.25) is 9.59 Å². The molecule has 0 saturated carbocycles. The molecule has 0 aliphatic rings. The normalized spacial score (nSPS) is 11.2. The second-order valence-electron chi connectivity index (χ2n) is 5.92. The van der Waals surface area contributed by atoms with E-state index in [9.17, 15) is 9.59 Å². The highest BCUT2D eigenvalue weighted by atomic mass is 16.5. The summed E-state index contributed by atoms with van der Waals surface area (Å²) in [5.74, 6) is -0.494. The molecular weight excluding hydrogens is 284 g/mol. The van der Waals surface area contributed by atoms with Crippen molar-refractivity contribution >= 4 is 11.9 Å². The molecule has 6 heteroatoms. The van der Waals surface area contributed by atoms with Crippen molar-refractivity contribution in [3.8, 4) is 0 Å². The van der Waals surface area contributed by atoms with Gasteiger partial charge in [-0.15, -0.1) is 0 Å². The molecular formula is C16H26N2O4. The Bertz CT molecular complexity index is 492. The highest BCUT2D eigenvalue weighted by molar-refractivity contribution is 5.91. The Morgan fingerprint density at radius 3 is 2.45 bits per heavy atom. The van der Waals surface area contributed by atoms with Gasteiger partial charge >= 0.3 is 5.97 Å². The predicted octanol–water partition coefficient (Wildman–Crippen LogP) is 3.15. The van der Waals surface area contributed by atoms with Gasteiger partial charge in [-0.1, -0.05) is 32.9 Å². The van der Waals surface area contributed by atoms with Crippen molar-refractivity contribution in [3.63, 3.8) is 0 Å². The standard InChI is InChI=1S/C16H26N2O4/c1-5-12(6-2)13-9-14(22-17-13)16(21)18(10-11(3)4)8-7-15(19)20/h9,11-12H,5-8,10H2,1-4H3,(H,19,20). The van der Waals surface area contributed by atoms with Gasteiger partial charge in [-0.25, -0.2) is 0 Å². The van der Waals surface area contributed by atoms with Crippen molar-refractivity contribution < 1.29 is 19.2 Å². The van der Waals surface area contributed by atoms with Crippen LogP contribution in [-0.4, -0.2) is 40.1 Å². The zero-order valence-electron chi connectivity index (χ0n) is 13.8. The van der Waals surface area contributed by atoms with Gasteiger partial charge in [0.2, 0.25) is 5.76 Å². The molecule has 1 aromatic rings. The van der Waals surface area contributed by atoms with E-state index in [2.05, 4.69) is 19.0 Å². The average Bonchev–Trinajstić information content (AvgIpc) is 2.93. The van der Waals surface area contributed by atoms with E-state index in [1.807, 2.05) is 13.8 Å². The summed E-state index contributed by atoms with van der Waals surface area (Å²) in [4.78, 5) is 24.8. The fourth-order valence-electron chi connectivity index (χ4n) is 2.39. The van der Waals surface area contributed by atoms with E-state index in [1.54, 1.807) is 6.07 Å². The molecule has 0 atom stereocenters. The largest absolute Gasteiger partial charge is 0.481 e. The van der Waals surface area contributed by atoms with Crippen LogP contribution in [-0.2, 0) is 4.79 Å². The lowest BCUT2D eigenvalue weighted by Crippen LogP contribution is -2.35. The highest BCUT2D eigenvalue weighted by Gasteiger charge is 2.23. The fourth-order valence-corrected chi connectivity index (χ4v) is 2.39. The van der Waals surface area contributed by atoms with Crippen LogP contribution in [0.1, 0.15) is 69.1 Å². The van der Waals surface area contributed by atoms with Crippen molar-refractivity contribution in [1.82, 2.24) is 10.1 Å². The number of hydrogen-bond acceptors (Lipinski definition) is 4. The molecule has 1 amide bonds. The van der Waals surface area contributed by atoms with Gasteiger partial charge in [0.1, 0.15) is 0 Å². The minimum Gasteiger partial charge on any atom is -0.481 e. The van der Waals surface area contributed by atoms with Crippen LogP contribution >= 0.6 is 0 Å². The first-order valence-electron chi connectivity index (χ1n) is 7.86. The van der Waals surface area contributed by atoms with E-state index in [1.165, 1.54) is 4.90 Å². The number of carboxylic acid groups (broad SMARTS) is 1. The van der Waals surface area contributed by atoms with E-state index in [4.69, 9.17) is 9.63 Å². The Morgan fingerprint density at radius 2 is 1.95 bits per heavy atom. The lowest BCUT2D eigenvalue weighted by atomic mass is 9.99. The maximum absolute atomic E-state index is 12.5. The maximum Gasteiger partial charge on any atom is 0.305 e. The average molecular weight is 310 g/mol. The third-order valence-electron chi connectivity index (χ3n) is 3.61. The molecule has 124 valence electrons. The molecule has 0 aliphatic heterocycles. The van der Waals surface area contributed by atoms with Crippen LogP contribution in [0.25, 0.3) is 0 Å². The lowest BCUT2D eigenvalue weighted by molar-refractivity contribution is -0.137. The SMILES string of the molecule is CCC(CC)c1cc(C(=O)N(CCC(=O)O)CC(C)C)on1. The summed E-state index contributed by atoms with van der Waals surface area (Å²) in [6.45, 7) is 8.78. The number of amides is 1. The summed E-state index contributed by atoms with van der Waals surface area (Å²) < 4.78 is 5.19.